The van der Waals surface area contributed by atoms with E-state index in [0.29, 0.717) is 19.5 Å². The molecule has 244 valence electrons. The van der Waals surface area contributed by atoms with Crippen LogP contribution in [0.1, 0.15) is 96.3 Å². The van der Waals surface area contributed by atoms with Crippen LogP contribution in [0.5, 0.6) is 0 Å². The van der Waals surface area contributed by atoms with Crippen molar-refractivity contribution in [2.24, 2.45) is 17.8 Å². The molecule has 2 heterocycles. The number of aliphatic carboxylic acids is 2. The van der Waals surface area contributed by atoms with E-state index >= 15 is 0 Å². The Morgan fingerprint density at radius 3 is 1.84 bits per heavy atom. The number of carboxylic acid groups (broad SMARTS) is 2. The van der Waals surface area contributed by atoms with Crippen molar-refractivity contribution in [2.75, 3.05) is 26.2 Å². The van der Waals surface area contributed by atoms with Crippen molar-refractivity contribution in [2.45, 2.75) is 108 Å². The predicted octanol–water partition coefficient (Wildman–Crippen LogP) is 3.32. The molecule has 2 saturated carbocycles. The molecule has 0 aromatic carbocycles. The van der Waals surface area contributed by atoms with Gasteiger partial charge in [-0.05, 0) is 62.7 Å². The Morgan fingerprint density at radius 1 is 0.705 bits per heavy atom. The molecule has 4 fully saturated rings. The molecule has 2 aliphatic heterocycles. The molecule has 4 rings (SSSR count). The fourth-order valence-electron chi connectivity index (χ4n) is 7.80. The summed E-state index contributed by atoms with van der Waals surface area (Å²) in [5.74, 6) is -3.68. The molecular formula is C32H46N2O10. The summed E-state index contributed by atoms with van der Waals surface area (Å²) < 4.78 is 9.33. The minimum absolute atomic E-state index is 0.0126. The molecule has 0 amide bonds. The summed E-state index contributed by atoms with van der Waals surface area (Å²) in [5, 5.41) is 19.5. The van der Waals surface area contributed by atoms with E-state index in [-0.39, 0.29) is 68.6 Å². The average Bonchev–Trinajstić information content (AvgIpc) is 2.94. The Labute approximate surface area is 258 Å². The van der Waals surface area contributed by atoms with Gasteiger partial charge in [-0.2, -0.15) is 0 Å². The molecule has 44 heavy (non-hydrogen) atoms. The highest BCUT2D eigenvalue weighted by Gasteiger charge is 2.35. The monoisotopic (exact) mass is 618 g/mol. The molecule has 2 aliphatic carbocycles. The Kier molecular flexibility index (Phi) is 12.5. The fraction of sp³-hybridized carbons (Fsp3) is 0.750. The Morgan fingerprint density at radius 2 is 1.23 bits per heavy atom. The number of hydrogen-bond donors (Lipinski definition) is 2. The van der Waals surface area contributed by atoms with Crippen LogP contribution in [-0.2, 0) is 38.2 Å². The fourth-order valence-corrected chi connectivity index (χ4v) is 7.80. The van der Waals surface area contributed by atoms with Crippen molar-refractivity contribution in [1.82, 2.24) is 9.80 Å². The third kappa shape index (κ3) is 10.2. The highest BCUT2D eigenvalue weighted by Crippen LogP contribution is 2.35. The van der Waals surface area contributed by atoms with Gasteiger partial charge in [0.1, 0.15) is 0 Å². The van der Waals surface area contributed by atoms with Crippen LogP contribution in [0, 0.1) is 17.8 Å². The van der Waals surface area contributed by atoms with Gasteiger partial charge in [0.2, 0.25) is 0 Å². The average molecular weight is 619 g/mol. The Hall–Kier alpha value is -3.12. The number of hydrogen-bond acceptors (Lipinski definition) is 10. The molecule has 0 radical (unpaired) electrons. The van der Waals surface area contributed by atoms with Crippen LogP contribution in [-0.4, -0.2) is 94.1 Å². The minimum atomic E-state index is -0.932. The molecule has 2 N–H and O–H groups in total. The lowest BCUT2D eigenvalue weighted by molar-refractivity contribution is -0.166. The van der Waals surface area contributed by atoms with Crippen molar-refractivity contribution in [3.05, 3.63) is 11.6 Å². The molecule has 4 atom stereocenters. The van der Waals surface area contributed by atoms with Crippen LogP contribution < -0.4 is 0 Å². The van der Waals surface area contributed by atoms with Gasteiger partial charge in [0, 0.05) is 38.0 Å². The summed E-state index contributed by atoms with van der Waals surface area (Å²) in [5.41, 5.74) is 0.726. The van der Waals surface area contributed by atoms with Gasteiger partial charge in [-0.25, -0.2) is 0 Å². The highest BCUT2D eigenvalue weighted by molar-refractivity contribution is 5.91. The lowest BCUT2D eigenvalue weighted by Crippen LogP contribution is -2.48. The van der Waals surface area contributed by atoms with Gasteiger partial charge in [0.25, 0.3) is 0 Å². The van der Waals surface area contributed by atoms with Crippen molar-refractivity contribution in [3.63, 3.8) is 0 Å². The number of cyclic esters (lactones) is 4. The topological polar surface area (TPSA) is 168 Å². The maximum absolute atomic E-state index is 11.9. The molecule has 4 aliphatic rings. The third-order valence-corrected chi connectivity index (χ3v) is 9.66. The number of nitrogens with zero attached hydrogens (tertiary/aromatic N) is 2. The van der Waals surface area contributed by atoms with Crippen LogP contribution in [0.4, 0.5) is 0 Å². The molecule has 12 nitrogen and oxygen atoms in total. The highest BCUT2D eigenvalue weighted by atomic mass is 16.6. The number of ether oxygens (including phenoxy) is 2. The molecular weight excluding hydrogens is 572 g/mol. The zero-order valence-electron chi connectivity index (χ0n) is 25.5. The van der Waals surface area contributed by atoms with Gasteiger partial charge < -0.3 is 19.7 Å². The van der Waals surface area contributed by atoms with Gasteiger partial charge in [-0.3, -0.25) is 38.6 Å². The van der Waals surface area contributed by atoms with Crippen LogP contribution in [0.2, 0.25) is 0 Å². The zero-order chi connectivity index (χ0) is 31.6. The van der Waals surface area contributed by atoms with Crippen LogP contribution >= 0.6 is 0 Å². The lowest BCUT2D eigenvalue weighted by atomic mass is 9.78. The number of carbonyl (C=O) groups excluding carboxylic acids is 4. The van der Waals surface area contributed by atoms with Crippen molar-refractivity contribution in [1.29, 1.82) is 0 Å². The summed E-state index contributed by atoms with van der Waals surface area (Å²) in [6, 6.07) is 0.00965. The molecule has 12 heteroatoms. The van der Waals surface area contributed by atoms with E-state index in [1.807, 2.05) is 15.9 Å². The predicted molar refractivity (Wildman–Crippen MR) is 156 cm³/mol. The first-order chi connectivity index (χ1) is 21.1. The number of rotatable bonds is 14. The van der Waals surface area contributed by atoms with E-state index < -0.39 is 35.8 Å². The van der Waals surface area contributed by atoms with E-state index in [4.69, 9.17) is 0 Å². The van der Waals surface area contributed by atoms with Crippen molar-refractivity contribution < 1.29 is 48.5 Å². The van der Waals surface area contributed by atoms with E-state index in [1.54, 1.807) is 0 Å². The van der Waals surface area contributed by atoms with E-state index in [1.165, 1.54) is 0 Å². The molecule has 0 spiro atoms. The second-order valence-corrected chi connectivity index (χ2v) is 12.9. The van der Waals surface area contributed by atoms with Crippen molar-refractivity contribution >= 4 is 35.8 Å². The summed E-state index contributed by atoms with van der Waals surface area (Å²) in [6.45, 7) is 0.753. The van der Waals surface area contributed by atoms with Gasteiger partial charge in [0.15, 0.2) is 0 Å². The third-order valence-electron chi connectivity index (χ3n) is 9.66. The Balaban J connectivity index is 1.40. The summed E-state index contributed by atoms with van der Waals surface area (Å²) >= 11 is 0. The second kappa shape index (κ2) is 16.3. The quantitative estimate of drug-likeness (QED) is 0.166. The van der Waals surface area contributed by atoms with Gasteiger partial charge >= 0.3 is 35.8 Å². The molecule has 0 aromatic rings. The minimum Gasteiger partial charge on any atom is -0.480 e. The normalized spacial score (nSPS) is 26.9. The standard InChI is InChI=1S/C32H46N2O10/c35-27(36)19-33(25-8-3-1-6-23(25)11-10-21-15-29(39)43-30(40)16-21)12-5-13-34(20-28(37)38)26-9-4-2-7-24(26)14-22-17-31(41)44-32(42)18-22/h14,21,23-26H,1-13,15-20H2,(H,35,36)(H,37,38). The first-order valence-electron chi connectivity index (χ1n) is 16.2. The van der Waals surface area contributed by atoms with E-state index in [0.717, 1.165) is 69.8 Å². The first-order valence-corrected chi connectivity index (χ1v) is 16.2. The first kappa shape index (κ1) is 33.8. The SMILES string of the molecule is O=C(O)CN(CCCN(CC(=O)O)C1CCCCC1CCC1CC(=O)OC(=O)C1)C1CCCCC1C=C1CC(=O)OC(=O)C1. The van der Waals surface area contributed by atoms with Gasteiger partial charge in [0.05, 0.1) is 25.9 Å². The largest absolute Gasteiger partial charge is 0.480 e. The number of carboxylic acids is 2. The zero-order valence-corrected chi connectivity index (χ0v) is 25.5. The van der Waals surface area contributed by atoms with Gasteiger partial charge in [-0.1, -0.05) is 37.3 Å². The summed E-state index contributed by atoms with van der Waals surface area (Å²) in [6.07, 6.45) is 12.2. The summed E-state index contributed by atoms with van der Waals surface area (Å²) in [4.78, 5) is 75.0. The van der Waals surface area contributed by atoms with Crippen LogP contribution in [0.15, 0.2) is 11.6 Å². The van der Waals surface area contributed by atoms with E-state index in [9.17, 15) is 39.0 Å². The van der Waals surface area contributed by atoms with Crippen molar-refractivity contribution in [3.8, 4) is 0 Å². The second-order valence-electron chi connectivity index (χ2n) is 12.9. The number of carbonyl (C=O) groups is 6. The van der Waals surface area contributed by atoms with E-state index in [2.05, 4.69) is 9.47 Å². The van der Waals surface area contributed by atoms with Crippen LogP contribution in [0.25, 0.3) is 0 Å². The molecule has 2 saturated heterocycles. The molecule has 4 unspecified atom stereocenters. The lowest BCUT2D eigenvalue weighted by Gasteiger charge is -2.41. The number of esters is 4. The summed E-state index contributed by atoms with van der Waals surface area (Å²) in [7, 11) is 0. The maximum Gasteiger partial charge on any atom is 0.317 e. The smallest absolute Gasteiger partial charge is 0.317 e. The maximum atomic E-state index is 11.9. The molecule has 0 aromatic heterocycles. The molecule has 0 bridgehead atoms. The Bertz CT molecular complexity index is 1090. The van der Waals surface area contributed by atoms with Gasteiger partial charge in [-0.15, -0.1) is 0 Å². The van der Waals surface area contributed by atoms with Crippen LogP contribution in [0.3, 0.4) is 0 Å².